The Bertz CT molecular complexity index is 918. The summed E-state index contributed by atoms with van der Waals surface area (Å²) in [6.45, 7) is 4.65. The van der Waals surface area contributed by atoms with Gasteiger partial charge in [-0.25, -0.2) is 0 Å². The quantitative estimate of drug-likeness (QED) is 0.730. The first-order chi connectivity index (χ1) is 12.1. The SMILES string of the molecule is Cc1ccc(N2CC(c3nc(-c4ccccc4)no3)CC2=O)c(C)c1. The normalized spacial score (nSPS) is 17.3. The van der Waals surface area contributed by atoms with Crippen molar-refractivity contribution in [2.24, 2.45) is 0 Å². The molecule has 1 unspecified atom stereocenters. The number of benzene rings is 2. The Labute approximate surface area is 146 Å². The standard InChI is InChI=1S/C20H19N3O2/c1-13-8-9-17(14(2)10-13)23-12-16(11-18(23)24)20-21-19(22-25-20)15-6-4-3-5-7-15/h3-10,16H,11-12H2,1-2H3. The van der Waals surface area contributed by atoms with Crippen molar-refractivity contribution in [3.63, 3.8) is 0 Å². The molecule has 1 fully saturated rings. The largest absolute Gasteiger partial charge is 0.339 e. The Morgan fingerprint density at radius 3 is 2.68 bits per heavy atom. The smallest absolute Gasteiger partial charge is 0.232 e. The van der Waals surface area contributed by atoms with Crippen molar-refractivity contribution in [2.45, 2.75) is 26.2 Å². The van der Waals surface area contributed by atoms with E-state index in [1.807, 2.05) is 54.3 Å². The zero-order valence-electron chi connectivity index (χ0n) is 14.3. The third kappa shape index (κ3) is 2.93. The molecule has 0 radical (unpaired) electrons. The van der Waals surface area contributed by atoms with Gasteiger partial charge in [-0.05, 0) is 25.5 Å². The van der Waals surface area contributed by atoms with Crippen LogP contribution in [0.1, 0.15) is 29.4 Å². The lowest BCUT2D eigenvalue weighted by atomic mass is 10.1. The lowest BCUT2D eigenvalue weighted by Gasteiger charge is -2.19. The summed E-state index contributed by atoms with van der Waals surface area (Å²) in [5.41, 5.74) is 4.16. The highest BCUT2D eigenvalue weighted by molar-refractivity contribution is 5.97. The number of hydrogen-bond acceptors (Lipinski definition) is 4. The molecule has 1 aliphatic heterocycles. The highest BCUT2D eigenvalue weighted by atomic mass is 16.5. The van der Waals surface area contributed by atoms with E-state index >= 15 is 0 Å². The second-order valence-electron chi connectivity index (χ2n) is 6.52. The number of anilines is 1. The first-order valence-corrected chi connectivity index (χ1v) is 8.38. The molecule has 0 spiro atoms. The predicted molar refractivity (Wildman–Crippen MR) is 95.4 cm³/mol. The molecule has 0 aliphatic carbocycles. The van der Waals surface area contributed by atoms with Gasteiger partial charge in [0.25, 0.3) is 0 Å². The van der Waals surface area contributed by atoms with Gasteiger partial charge in [-0.1, -0.05) is 53.2 Å². The highest BCUT2D eigenvalue weighted by Crippen LogP contribution is 2.33. The summed E-state index contributed by atoms with van der Waals surface area (Å²) in [6, 6.07) is 15.8. The third-order valence-electron chi connectivity index (χ3n) is 4.59. The van der Waals surface area contributed by atoms with Gasteiger partial charge in [0.05, 0.1) is 5.92 Å². The summed E-state index contributed by atoms with van der Waals surface area (Å²) < 4.78 is 5.44. The molecule has 2 heterocycles. The van der Waals surface area contributed by atoms with E-state index in [1.54, 1.807) is 0 Å². The minimum Gasteiger partial charge on any atom is -0.339 e. The van der Waals surface area contributed by atoms with Crippen molar-refractivity contribution in [1.82, 2.24) is 10.1 Å². The third-order valence-corrected chi connectivity index (χ3v) is 4.59. The minimum atomic E-state index is -0.0711. The Morgan fingerprint density at radius 1 is 1.12 bits per heavy atom. The summed E-state index contributed by atoms with van der Waals surface area (Å²) in [4.78, 5) is 18.8. The van der Waals surface area contributed by atoms with Crippen LogP contribution in [0.2, 0.25) is 0 Å². The first kappa shape index (κ1) is 15.6. The van der Waals surface area contributed by atoms with Crippen LogP contribution < -0.4 is 4.90 Å². The molecule has 1 atom stereocenters. The molecule has 2 aromatic carbocycles. The van der Waals surface area contributed by atoms with E-state index in [0.29, 0.717) is 24.7 Å². The monoisotopic (exact) mass is 333 g/mol. The Balaban J connectivity index is 1.57. The van der Waals surface area contributed by atoms with Gasteiger partial charge in [0, 0.05) is 24.2 Å². The van der Waals surface area contributed by atoms with Crippen LogP contribution in [0.4, 0.5) is 5.69 Å². The van der Waals surface area contributed by atoms with Crippen molar-refractivity contribution >= 4 is 11.6 Å². The lowest BCUT2D eigenvalue weighted by Crippen LogP contribution is -2.25. The van der Waals surface area contributed by atoms with E-state index in [-0.39, 0.29) is 11.8 Å². The summed E-state index contributed by atoms with van der Waals surface area (Å²) in [6.07, 6.45) is 0.393. The van der Waals surface area contributed by atoms with Crippen molar-refractivity contribution in [1.29, 1.82) is 0 Å². The van der Waals surface area contributed by atoms with Crippen molar-refractivity contribution in [3.05, 3.63) is 65.5 Å². The fourth-order valence-electron chi connectivity index (χ4n) is 3.32. The molecule has 3 aromatic rings. The topological polar surface area (TPSA) is 59.2 Å². The fourth-order valence-corrected chi connectivity index (χ4v) is 3.32. The summed E-state index contributed by atoms with van der Waals surface area (Å²) >= 11 is 0. The van der Waals surface area contributed by atoms with Crippen molar-refractivity contribution in [2.75, 3.05) is 11.4 Å². The molecule has 0 N–H and O–H groups in total. The minimum absolute atomic E-state index is 0.0711. The number of hydrogen-bond donors (Lipinski definition) is 0. The van der Waals surface area contributed by atoms with Crippen LogP contribution in [-0.4, -0.2) is 22.6 Å². The molecule has 1 saturated heterocycles. The zero-order valence-corrected chi connectivity index (χ0v) is 14.3. The fraction of sp³-hybridized carbons (Fsp3) is 0.250. The maximum atomic E-state index is 12.5. The molecule has 1 amide bonds. The summed E-state index contributed by atoms with van der Waals surface area (Å²) in [7, 11) is 0. The number of aryl methyl sites for hydroxylation is 2. The molecule has 0 saturated carbocycles. The summed E-state index contributed by atoms with van der Waals surface area (Å²) in [5, 5.41) is 4.07. The molecule has 5 heteroatoms. The molecule has 126 valence electrons. The van der Waals surface area contributed by atoms with E-state index in [0.717, 1.165) is 16.8 Å². The van der Waals surface area contributed by atoms with Crippen LogP contribution in [-0.2, 0) is 4.79 Å². The van der Waals surface area contributed by atoms with Gasteiger partial charge >= 0.3 is 0 Å². The van der Waals surface area contributed by atoms with Crippen LogP contribution in [0, 0.1) is 13.8 Å². The van der Waals surface area contributed by atoms with Gasteiger partial charge < -0.3 is 9.42 Å². The number of amides is 1. The number of rotatable bonds is 3. The average Bonchev–Trinajstić information content (AvgIpc) is 3.23. The van der Waals surface area contributed by atoms with Gasteiger partial charge in [0.15, 0.2) is 0 Å². The van der Waals surface area contributed by atoms with Gasteiger partial charge in [-0.15, -0.1) is 0 Å². The van der Waals surface area contributed by atoms with Crippen LogP contribution in [0.15, 0.2) is 53.1 Å². The lowest BCUT2D eigenvalue weighted by molar-refractivity contribution is -0.117. The Morgan fingerprint density at radius 2 is 1.92 bits per heavy atom. The molecular weight excluding hydrogens is 314 g/mol. The first-order valence-electron chi connectivity index (χ1n) is 8.38. The van der Waals surface area contributed by atoms with Crippen molar-refractivity contribution < 1.29 is 9.32 Å². The number of aromatic nitrogens is 2. The maximum Gasteiger partial charge on any atom is 0.232 e. The van der Waals surface area contributed by atoms with Gasteiger partial charge in [0.1, 0.15) is 0 Å². The Kier molecular flexibility index (Phi) is 3.84. The second kappa shape index (κ2) is 6.16. The van der Waals surface area contributed by atoms with E-state index in [4.69, 9.17) is 4.52 Å². The maximum absolute atomic E-state index is 12.5. The number of nitrogens with zero attached hydrogens (tertiary/aromatic N) is 3. The van der Waals surface area contributed by atoms with Crippen molar-refractivity contribution in [3.8, 4) is 11.4 Å². The van der Waals surface area contributed by atoms with Gasteiger partial charge in [0.2, 0.25) is 17.6 Å². The van der Waals surface area contributed by atoms with Crippen LogP contribution >= 0.6 is 0 Å². The second-order valence-corrected chi connectivity index (χ2v) is 6.52. The molecule has 5 nitrogen and oxygen atoms in total. The number of carbonyl (C=O) groups excluding carboxylic acids is 1. The van der Waals surface area contributed by atoms with Gasteiger partial charge in [-0.3, -0.25) is 4.79 Å². The zero-order chi connectivity index (χ0) is 17.4. The molecule has 25 heavy (non-hydrogen) atoms. The van der Waals surface area contributed by atoms with E-state index < -0.39 is 0 Å². The number of carbonyl (C=O) groups is 1. The Hall–Kier alpha value is -2.95. The summed E-state index contributed by atoms with van der Waals surface area (Å²) in [5.74, 6) is 1.11. The van der Waals surface area contributed by atoms with E-state index in [9.17, 15) is 4.79 Å². The average molecular weight is 333 g/mol. The molecule has 1 aromatic heterocycles. The van der Waals surface area contributed by atoms with Gasteiger partial charge in [-0.2, -0.15) is 4.98 Å². The highest BCUT2D eigenvalue weighted by Gasteiger charge is 2.35. The predicted octanol–water partition coefficient (Wildman–Crippen LogP) is 3.87. The molecule has 4 rings (SSSR count). The van der Waals surface area contributed by atoms with Crippen LogP contribution in [0.3, 0.4) is 0 Å². The van der Waals surface area contributed by atoms with Crippen LogP contribution in [0.5, 0.6) is 0 Å². The molecule has 0 bridgehead atoms. The van der Waals surface area contributed by atoms with E-state index in [2.05, 4.69) is 23.1 Å². The van der Waals surface area contributed by atoms with Crippen LogP contribution in [0.25, 0.3) is 11.4 Å². The molecular formula is C20H19N3O2. The molecule has 1 aliphatic rings. The van der Waals surface area contributed by atoms with E-state index in [1.165, 1.54) is 5.56 Å².